The molecule has 8 nitrogen and oxygen atoms in total. The highest BCUT2D eigenvalue weighted by molar-refractivity contribution is 7.13. The van der Waals surface area contributed by atoms with Gasteiger partial charge in [-0.15, -0.1) is 21.5 Å². The lowest BCUT2D eigenvalue weighted by Gasteiger charge is -2.29. The molecule has 30 heavy (non-hydrogen) atoms. The second-order valence-electron chi connectivity index (χ2n) is 6.55. The molecule has 0 aliphatic carbocycles. The number of hydrogen-bond donors (Lipinski definition) is 2. The number of carbonyl (C=O) groups is 2. The number of aromatic nitrogens is 2. The van der Waals surface area contributed by atoms with Crippen molar-refractivity contribution in [2.75, 3.05) is 13.1 Å². The zero-order chi connectivity index (χ0) is 21.5. The summed E-state index contributed by atoms with van der Waals surface area (Å²) in [7, 11) is 0. The number of nitrogens with zero attached hydrogens (tertiary/aromatic N) is 3. The Balaban J connectivity index is 0.000000377. The van der Waals surface area contributed by atoms with Crippen LogP contribution in [0.2, 0.25) is 0 Å². The minimum absolute atomic E-state index is 0.125. The fourth-order valence-electron chi connectivity index (χ4n) is 3.01. The van der Waals surface area contributed by atoms with Crippen LogP contribution in [0.1, 0.15) is 30.8 Å². The van der Waals surface area contributed by atoms with E-state index in [2.05, 4.69) is 58.4 Å². The summed E-state index contributed by atoms with van der Waals surface area (Å²) >= 11 is 1.62. The van der Waals surface area contributed by atoms with Crippen molar-refractivity contribution in [3.8, 4) is 10.8 Å². The van der Waals surface area contributed by atoms with Crippen molar-refractivity contribution in [3.63, 3.8) is 0 Å². The van der Waals surface area contributed by atoms with Crippen LogP contribution in [0.4, 0.5) is 0 Å². The average Bonchev–Trinajstić information content (AvgIpc) is 3.46. The van der Waals surface area contributed by atoms with Crippen LogP contribution in [0.5, 0.6) is 0 Å². The maximum atomic E-state index is 9.10. The van der Waals surface area contributed by atoms with Gasteiger partial charge < -0.3 is 14.6 Å². The Morgan fingerprint density at radius 3 is 2.40 bits per heavy atom. The molecule has 0 radical (unpaired) electrons. The Labute approximate surface area is 177 Å². The Bertz CT molecular complexity index is 1000. The van der Waals surface area contributed by atoms with Crippen molar-refractivity contribution in [3.05, 3.63) is 65.4 Å². The predicted molar refractivity (Wildman–Crippen MR) is 112 cm³/mol. The third kappa shape index (κ3) is 5.40. The van der Waals surface area contributed by atoms with Gasteiger partial charge in [0.2, 0.25) is 5.89 Å². The molecule has 2 aromatic heterocycles. The second kappa shape index (κ2) is 9.95. The summed E-state index contributed by atoms with van der Waals surface area (Å²) in [5, 5.41) is 25.2. The third-order valence-corrected chi connectivity index (χ3v) is 5.50. The number of hydrogen-bond acceptors (Lipinski definition) is 7. The van der Waals surface area contributed by atoms with Gasteiger partial charge in [0.25, 0.3) is 5.89 Å². The molecule has 0 amide bonds. The molecule has 3 heterocycles. The quantitative estimate of drug-likeness (QED) is 0.604. The molecule has 3 aromatic rings. The van der Waals surface area contributed by atoms with Crippen molar-refractivity contribution in [2.45, 2.75) is 19.4 Å². The lowest BCUT2D eigenvalue weighted by Crippen LogP contribution is -2.31. The normalized spacial score (nSPS) is 14.9. The first-order valence-corrected chi connectivity index (χ1v) is 10.2. The monoisotopic (exact) mass is 427 g/mol. The molecule has 1 atom stereocenters. The predicted octanol–water partition coefficient (Wildman–Crippen LogP) is 3.80. The van der Waals surface area contributed by atoms with E-state index in [1.807, 2.05) is 17.5 Å². The first-order chi connectivity index (χ1) is 14.5. The van der Waals surface area contributed by atoms with Gasteiger partial charge in [0.15, 0.2) is 0 Å². The summed E-state index contributed by atoms with van der Waals surface area (Å²) < 4.78 is 5.88. The van der Waals surface area contributed by atoms with E-state index in [4.69, 9.17) is 24.2 Å². The average molecular weight is 427 g/mol. The Morgan fingerprint density at radius 2 is 1.83 bits per heavy atom. The Hall–Kier alpha value is -3.30. The zero-order valence-corrected chi connectivity index (χ0v) is 17.1. The summed E-state index contributed by atoms with van der Waals surface area (Å²) in [6.45, 7) is 4.04. The molecule has 0 saturated heterocycles. The van der Waals surface area contributed by atoms with Gasteiger partial charge in [-0.05, 0) is 35.9 Å². The van der Waals surface area contributed by atoms with Gasteiger partial charge in [-0.1, -0.05) is 42.5 Å². The number of rotatable bonds is 4. The maximum Gasteiger partial charge on any atom is 0.414 e. The molecule has 0 bridgehead atoms. The number of carboxylic acid groups (broad SMARTS) is 2. The molecule has 2 N–H and O–H groups in total. The first kappa shape index (κ1) is 21.4. The van der Waals surface area contributed by atoms with Crippen LogP contribution in [0.15, 0.2) is 58.3 Å². The van der Waals surface area contributed by atoms with Crippen LogP contribution >= 0.6 is 11.3 Å². The molecule has 1 aromatic carbocycles. The van der Waals surface area contributed by atoms with E-state index < -0.39 is 11.9 Å². The smallest absolute Gasteiger partial charge is 0.414 e. The van der Waals surface area contributed by atoms with Crippen LogP contribution in [0.3, 0.4) is 0 Å². The van der Waals surface area contributed by atoms with E-state index in [-0.39, 0.29) is 6.04 Å². The summed E-state index contributed by atoms with van der Waals surface area (Å²) in [5.74, 6) is -2.34. The topological polar surface area (TPSA) is 117 Å². The SMILES string of the molecule is CC(c1nnc(-c2cccs2)o1)N1CC=C(c2ccccc2)CC1.O=C(O)C(=O)O. The molecule has 1 unspecified atom stereocenters. The van der Waals surface area contributed by atoms with Crippen molar-refractivity contribution < 1.29 is 24.2 Å². The van der Waals surface area contributed by atoms with E-state index in [1.54, 1.807) is 11.3 Å². The summed E-state index contributed by atoms with van der Waals surface area (Å²) in [4.78, 5) is 21.6. The zero-order valence-electron chi connectivity index (χ0n) is 16.3. The largest absolute Gasteiger partial charge is 0.473 e. The van der Waals surface area contributed by atoms with Crippen molar-refractivity contribution in [2.24, 2.45) is 0 Å². The lowest BCUT2D eigenvalue weighted by atomic mass is 9.99. The van der Waals surface area contributed by atoms with Gasteiger partial charge in [-0.2, -0.15) is 0 Å². The second-order valence-corrected chi connectivity index (χ2v) is 7.50. The van der Waals surface area contributed by atoms with Gasteiger partial charge in [-0.3, -0.25) is 4.90 Å². The van der Waals surface area contributed by atoms with Gasteiger partial charge >= 0.3 is 11.9 Å². The van der Waals surface area contributed by atoms with Gasteiger partial charge in [-0.25, -0.2) is 9.59 Å². The maximum absolute atomic E-state index is 9.10. The van der Waals surface area contributed by atoms with Crippen LogP contribution < -0.4 is 0 Å². The summed E-state index contributed by atoms with van der Waals surface area (Å²) in [6.07, 6.45) is 3.35. The molecule has 156 valence electrons. The van der Waals surface area contributed by atoms with Crippen molar-refractivity contribution >= 4 is 28.8 Å². The first-order valence-electron chi connectivity index (χ1n) is 9.27. The molecule has 1 aliphatic heterocycles. The summed E-state index contributed by atoms with van der Waals surface area (Å²) in [5.41, 5.74) is 2.74. The van der Waals surface area contributed by atoms with E-state index in [0.717, 1.165) is 24.4 Å². The van der Waals surface area contributed by atoms with Crippen LogP contribution in [-0.4, -0.2) is 50.3 Å². The number of carboxylic acids is 2. The van der Waals surface area contributed by atoms with E-state index in [9.17, 15) is 0 Å². The molecule has 9 heteroatoms. The Kier molecular flexibility index (Phi) is 7.10. The highest BCUT2D eigenvalue weighted by atomic mass is 32.1. The molecule has 0 saturated carbocycles. The van der Waals surface area contributed by atoms with Gasteiger partial charge in [0.1, 0.15) is 0 Å². The fourth-order valence-corrected chi connectivity index (χ4v) is 3.65. The molecule has 1 aliphatic rings. The number of thiophene rings is 1. The lowest BCUT2D eigenvalue weighted by molar-refractivity contribution is -0.159. The number of aliphatic carboxylic acids is 2. The highest BCUT2D eigenvalue weighted by Crippen LogP contribution is 2.29. The fraction of sp³-hybridized carbons (Fsp3) is 0.238. The minimum Gasteiger partial charge on any atom is -0.473 e. The minimum atomic E-state index is -1.82. The van der Waals surface area contributed by atoms with Gasteiger partial charge in [0.05, 0.1) is 10.9 Å². The molecule has 4 rings (SSSR count). The third-order valence-electron chi connectivity index (χ3n) is 4.65. The van der Waals surface area contributed by atoms with Gasteiger partial charge in [0, 0.05) is 13.1 Å². The number of benzene rings is 1. The molecule has 0 spiro atoms. The molecular weight excluding hydrogens is 406 g/mol. The molecular formula is C21H21N3O5S. The van der Waals surface area contributed by atoms with E-state index in [1.165, 1.54) is 11.1 Å². The van der Waals surface area contributed by atoms with E-state index >= 15 is 0 Å². The highest BCUT2D eigenvalue weighted by Gasteiger charge is 2.24. The van der Waals surface area contributed by atoms with Crippen molar-refractivity contribution in [1.82, 2.24) is 15.1 Å². The summed E-state index contributed by atoms with van der Waals surface area (Å²) in [6, 6.07) is 14.7. The van der Waals surface area contributed by atoms with Crippen molar-refractivity contribution in [1.29, 1.82) is 0 Å². The Morgan fingerprint density at radius 1 is 1.10 bits per heavy atom. The molecule has 0 fully saturated rings. The standard InChI is InChI=1S/C19H19N3OS.C2H2O4/c1-14(18-20-21-19(23-18)17-8-5-13-24-17)22-11-9-16(10-12-22)15-6-3-2-4-7-15;3-1(4)2(5)6/h2-9,13-14H,10-12H2,1H3;(H,3,4)(H,5,6). The van der Waals surface area contributed by atoms with E-state index in [0.29, 0.717) is 11.8 Å². The van der Waals surface area contributed by atoms with Crippen LogP contribution in [-0.2, 0) is 9.59 Å². The van der Waals surface area contributed by atoms with Crippen LogP contribution in [0.25, 0.3) is 16.3 Å². The van der Waals surface area contributed by atoms with Crippen LogP contribution in [0, 0.1) is 0 Å².